The first-order chi connectivity index (χ1) is 30.1. The third kappa shape index (κ3) is 11.1. The Bertz CT molecular complexity index is 2340. The number of halogens is 2. The van der Waals surface area contributed by atoms with Crippen molar-refractivity contribution in [1.29, 1.82) is 0 Å². The molecule has 1 aromatic heterocycles. The van der Waals surface area contributed by atoms with Crippen molar-refractivity contribution in [3.05, 3.63) is 141 Å². The number of carbonyl (C=O) groups is 2. The van der Waals surface area contributed by atoms with Crippen LogP contribution in [0.1, 0.15) is 97.0 Å². The number of phenols is 1. The molecule has 13 heteroatoms. The number of unbranched alkanes of at least 4 members (excludes halogenated alkanes) is 6. The number of ether oxygens (including phenoxy) is 2. The smallest absolute Gasteiger partial charge is 0.408 e. The molecule has 5 aromatic rings. The average Bonchev–Trinajstić information content (AvgIpc) is 3.28. The summed E-state index contributed by atoms with van der Waals surface area (Å²) in [6.07, 6.45) is 6.25. The van der Waals surface area contributed by atoms with Crippen molar-refractivity contribution in [2.24, 2.45) is 5.92 Å². The molecule has 0 radical (unpaired) electrons. The third-order valence-electron chi connectivity index (χ3n) is 12.5. The summed E-state index contributed by atoms with van der Waals surface area (Å²) in [6.45, 7) is 3.85. The van der Waals surface area contributed by atoms with Crippen molar-refractivity contribution >= 4 is 22.8 Å². The molecule has 0 aliphatic carbocycles. The van der Waals surface area contributed by atoms with Gasteiger partial charge in [-0.1, -0.05) is 98.8 Å². The van der Waals surface area contributed by atoms with Gasteiger partial charge < -0.3 is 39.8 Å². The van der Waals surface area contributed by atoms with E-state index in [1.165, 1.54) is 18.2 Å². The molecule has 3 saturated heterocycles. The molecular weight excluding hydrogens is 795 g/mol. The van der Waals surface area contributed by atoms with Gasteiger partial charge in [0, 0.05) is 42.3 Å². The van der Waals surface area contributed by atoms with Crippen molar-refractivity contribution in [1.82, 2.24) is 15.6 Å². The Morgan fingerprint density at radius 3 is 2.27 bits per heavy atom. The molecule has 0 spiro atoms. The van der Waals surface area contributed by atoms with Crippen LogP contribution in [0.5, 0.6) is 11.5 Å². The lowest BCUT2D eigenvalue weighted by atomic mass is 9.83. The topological polar surface area (TPSA) is 150 Å². The number of H-pyrrole nitrogens is 1. The first kappa shape index (κ1) is 44.4. The molecule has 3 aliphatic rings. The zero-order valence-corrected chi connectivity index (χ0v) is 35.0. The van der Waals surface area contributed by atoms with E-state index in [0.717, 1.165) is 77.1 Å². The fourth-order valence-corrected chi connectivity index (χ4v) is 9.10. The number of benzene rings is 4. The van der Waals surface area contributed by atoms with Gasteiger partial charge in [-0.25, -0.2) is 13.6 Å². The van der Waals surface area contributed by atoms with Crippen LogP contribution in [0.4, 0.5) is 13.6 Å². The highest BCUT2D eigenvalue weighted by Crippen LogP contribution is 2.37. The molecule has 62 heavy (non-hydrogen) atoms. The molecule has 1 unspecified atom stereocenters. The fourth-order valence-electron chi connectivity index (χ4n) is 9.10. The number of carbonyl (C=O) groups excluding carboxylic acids is 2. The molecule has 3 fully saturated rings. The number of rotatable bonds is 21. The van der Waals surface area contributed by atoms with E-state index in [1.807, 2.05) is 30.3 Å². The quantitative estimate of drug-likeness (QED) is 0.0282. The minimum atomic E-state index is -1.18. The number of quaternary nitrogens is 1. The van der Waals surface area contributed by atoms with E-state index in [0.29, 0.717) is 58.1 Å². The van der Waals surface area contributed by atoms with E-state index < -0.39 is 36.0 Å². The van der Waals surface area contributed by atoms with Crippen LogP contribution < -0.4 is 20.9 Å². The number of Topliss-reactive ketones (excluding diaryl/α,β-unsaturated/α-hetero) is 1. The number of aromatic hydroxyl groups is 1. The SMILES string of the molecule is O=C(NC(c1ccccc1)c1c(F)ccc(OCCCCCCCCCNC[C@@H](O)c2ccc(O)c3[nH]c(=O)ccc23)c1F)O[C@H]1C[N+]2(CC(=O)c3ccccc3)CCC1CC2. The maximum absolute atomic E-state index is 16.2. The van der Waals surface area contributed by atoms with E-state index in [-0.39, 0.29) is 40.9 Å². The summed E-state index contributed by atoms with van der Waals surface area (Å²) in [6, 6.07) is 25.3. The number of pyridine rings is 1. The highest BCUT2D eigenvalue weighted by molar-refractivity contribution is 5.97. The predicted molar refractivity (Wildman–Crippen MR) is 233 cm³/mol. The highest BCUT2D eigenvalue weighted by atomic mass is 19.1. The zero-order valence-electron chi connectivity index (χ0n) is 35.0. The Morgan fingerprint density at radius 1 is 0.839 bits per heavy atom. The van der Waals surface area contributed by atoms with Crippen LogP contribution in [0, 0.1) is 17.6 Å². The molecule has 0 saturated carbocycles. The second kappa shape index (κ2) is 21.0. The maximum Gasteiger partial charge on any atom is 0.408 e. The first-order valence-electron chi connectivity index (χ1n) is 21.9. The number of piperidine rings is 3. The molecule has 8 rings (SSSR count). The zero-order chi connectivity index (χ0) is 43.5. The number of aliphatic hydroxyl groups excluding tert-OH is 1. The number of alkyl carbamates (subject to hydrolysis) is 1. The molecular formula is C49H57F2N4O7+. The standard InChI is InChI=1S/C49H56F2N4O7/c50-38-20-22-42(61-29-13-5-3-1-2-4-12-26-52-30-40(57)36-18-21-39(56)48-37(36)19-23-44(59)53-48)46(51)45(38)47(35-16-10-7-11-17-35)54-49(60)62-43-32-55(27-24-34(43)25-28-55)31-41(58)33-14-8-6-9-15-33/h6-11,14-23,34,40,43,47,52,57H,1-5,12-13,24-32H2,(H2-,53,54,56,59,60)/p+1/t34?,40-,43+,47?,55?/m1/s1. The van der Waals surface area contributed by atoms with Crippen LogP contribution in [0.25, 0.3) is 10.9 Å². The van der Waals surface area contributed by atoms with Gasteiger partial charge in [0.1, 0.15) is 24.7 Å². The molecule has 5 N–H and O–H groups in total. The van der Waals surface area contributed by atoms with E-state index >= 15 is 8.78 Å². The van der Waals surface area contributed by atoms with Crippen molar-refractivity contribution < 1.29 is 42.5 Å². The van der Waals surface area contributed by atoms with Crippen molar-refractivity contribution in [3.8, 4) is 11.5 Å². The van der Waals surface area contributed by atoms with Gasteiger partial charge >= 0.3 is 6.09 Å². The van der Waals surface area contributed by atoms with E-state index in [2.05, 4.69) is 15.6 Å². The number of hydrogen-bond acceptors (Lipinski definition) is 8. The summed E-state index contributed by atoms with van der Waals surface area (Å²) >= 11 is 0. The first-order valence-corrected chi connectivity index (χ1v) is 21.9. The number of aliphatic hydroxyl groups is 1. The number of fused-ring (bicyclic) bond motifs is 4. The Kier molecular flexibility index (Phi) is 15.0. The summed E-state index contributed by atoms with van der Waals surface area (Å²) in [5.74, 6) is -1.61. The van der Waals surface area contributed by atoms with Crippen LogP contribution in [-0.4, -0.2) is 83.5 Å². The van der Waals surface area contributed by atoms with Gasteiger partial charge in [0.15, 0.2) is 17.7 Å². The lowest BCUT2D eigenvalue weighted by molar-refractivity contribution is -0.938. The number of nitrogens with zero attached hydrogens (tertiary/aromatic N) is 1. The number of amides is 1. The van der Waals surface area contributed by atoms with Gasteiger partial charge in [0.25, 0.3) is 0 Å². The Labute approximate surface area is 360 Å². The molecule has 2 bridgehead atoms. The van der Waals surface area contributed by atoms with Crippen LogP contribution in [0.15, 0.2) is 102 Å². The Hall–Kier alpha value is -5.63. The molecule has 4 heterocycles. The van der Waals surface area contributed by atoms with Gasteiger partial charge in [0.05, 0.1) is 42.9 Å². The number of ketones is 1. The summed E-state index contributed by atoms with van der Waals surface area (Å²) < 4.78 is 44.2. The lowest BCUT2D eigenvalue weighted by Crippen LogP contribution is -2.66. The van der Waals surface area contributed by atoms with Gasteiger partial charge in [0.2, 0.25) is 11.3 Å². The number of aromatic nitrogens is 1. The second-order valence-corrected chi connectivity index (χ2v) is 16.8. The molecule has 1 amide bonds. The van der Waals surface area contributed by atoms with E-state index in [4.69, 9.17) is 9.47 Å². The largest absolute Gasteiger partial charge is 0.506 e. The van der Waals surface area contributed by atoms with Crippen molar-refractivity contribution in [2.75, 3.05) is 45.9 Å². The van der Waals surface area contributed by atoms with Crippen molar-refractivity contribution in [3.63, 3.8) is 0 Å². The van der Waals surface area contributed by atoms with Gasteiger partial charge in [-0.05, 0) is 54.8 Å². The summed E-state index contributed by atoms with van der Waals surface area (Å²) in [4.78, 5) is 41.1. The third-order valence-corrected chi connectivity index (χ3v) is 12.5. The number of aromatic amines is 1. The van der Waals surface area contributed by atoms with Crippen molar-refractivity contribution in [2.45, 2.75) is 76.0 Å². The van der Waals surface area contributed by atoms with Crippen LogP contribution in [-0.2, 0) is 4.74 Å². The minimum Gasteiger partial charge on any atom is -0.506 e. The minimum absolute atomic E-state index is 0.0428. The van der Waals surface area contributed by atoms with E-state index in [1.54, 1.807) is 42.5 Å². The van der Waals surface area contributed by atoms with Crippen LogP contribution >= 0.6 is 0 Å². The molecule has 11 nitrogen and oxygen atoms in total. The van der Waals surface area contributed by atoms with Gasteiger partial charge in [-0.15, -0.1) is 0 Å². The molecule has 3 atom stereocenters. The fraction of sp³-hybridized carbons (Fsp3) is 0.408. The van der Waals surface area contributed by atoms with Gasteiger partial charge in [-0.2, -0.15) is 0 Å². The van der Waals surface area contributed by atoms with Crippen LogP contribution in [0.2, 0.25) is 0 Å². The number of nitrogens with one attached hydrogen (secondary N) is 3. The number of phenolic OH excluding ortho intramolecular Hbond substituents is 1. The van der Waals surface area contributed by atoms with E-state index in [9.17, 15) is 24.6 Å². The maximum atomic E-state index is 16.2. The Morgan fingerprint density at radius 2 is 1.53 bits per heavy atom. The monoisotopic (exact) mass is 851 g/mol. The van der Waals surface area contributed by atoms with Crippen LogP contribution in [0.3, 0.4) is 0 Å². The second-order valence-electron chi connectivity index (χ2n) is 16.8. The molecule has 328 valence electrons. The molecule has 4 aromatic carbocycles. The Balaban J connectivity index is 0.846. The highest BCUT2D eigenvalue weighted by Gasteiger charge is 2.48. The van der Waals surface area contributed by atoms with Gasteiger partial charge in [-0.3, -0.25) is 9.59 Å². The molecule has 3 aliphatic heterocycles. The normalized spacial score (nSPS) is 19.2. The summed E-state index contributed by atoms with van der Waals surface area (Å²) in [5, 5.41) is 27.5. The summed E-state index contributed by atoms with van der Waals surface area (Å²) in [5.41, 5.74) is 1.44. The number of hydrogen-bond donors (Lipinski definition) is 5. The average molecular weight is 852 g/mol. The summed E-state index contributed by atoms with van der Waals surface area (Å²) in [7, 11) is 0. The lowest BCUT2D eigenvalue weighted by Gasteiger charge is -2.51. The predicted octanol–water partition coefficient (Wildman–Crippen LogP) is 8.25.